The molecular formula is C14H15N5O2. The predicted molar refractivity (Wildman–Crippen MR) is 75.5 cm³/mol. The highest BCUT2D eigenvalue weighted by atomic mass is 16.5. The minimum atomic E-state index is -0.398. The molecule has 0 aliphatic carbocycles. The van der Waals surface area contributed by atoms with Crippen LogP contribution < -0.4 is 5.32 Å². The Kier molecular flexibility index (Phi) is 3.17. The number of fused-ring (bicyclic) bond motifs is 1. The molecule has 1 aliphatic rings. The lowest BCUT2D eigenvalue weighted by atomic mass is 9.93. The zero-order chi connectivity index (χ0) is 15.0. The summed E-state index contributed by atoms with van der Waals surface area (Å²) in [5.41, 5.74) is 3.22. The van der Waals surface area contributed by atoms with E-state index in [0.717, 1.165) is 11.1 Å². The van der Waals surface area contributed by atoms with Crippen molar-refractivity contribution < 1.29 is 9.53 Å². The Hall–Kier alpha value is -2.70. The molecule has 1 aliphatic heterocycles. The summed E-state index contributed by atoms with van der Waals surface area (Å²) in [5.74, 6) is 0.114. The molecule has 2 heterocycles. The van der Waals surface area contributed by atoms with Crippen molar-refractivity contribution in [2.75, 3.05) is 12.4 Å². The number of carbonyl (C=O) groups excluding carboxylic acids is 1. The lowest BCUT2D eigenvalue weighted by molar-refractivity contribution is -0.136. The maximum atomic E-state index is 12.2. The van der Waals surface area contributed by atoms with Crippen molar-refractivity contribution in [1.82, 2.24) is 20.2 Å². The Morgan fingerprint density at radius 2 is 2.10 bits per heavy atom. The summed E-state index contributed by atoms with van der Waals surface area (Å²) >= 11 is 0. The molecule has 1 aromatic carbocycles. The number of aromatic nitrogens is 4. The molecule has 1 atom stereocenters. The molecule has 2 aromatic rings. The second-order valence-corrected chi connectivity index (χ2v) is 4.86. The number of tetrazole rings is 1. The van der Waals surface area contributed by atoms with Crippen LogP contribution in [0.1, 0.15) is 24.1 Å². The molecule has 108 valence electrons. The van der Waals surface area contributed by atoms with Crippen LogP contribution in [0.5, 0.6) is 0 Å². The Balaban J connectivity index is 2.23. The fourth-order valence-electron chi connectivity index (χ4n) is 2.57. The number of hydrogen-bond donors (Lipinski definition) is 1. The van der Waals surface area contributed by atoms with Gasteiger partial charge in [0.2, 0.25) is 5.95 Å². The van der Waals surface area contributed by atoms with E-state index in [1.165, 1.54) is 7.11 Å². The lowest BCUT2D eigenvalue weighted by Crippen LogP contribution is -2.29. The zero-order valence-electron chi connectivity index (χ0n) is 12.0. The Morgan fingerprint density at radius 3 is 2.81 bits per heavy atom. The van der Waals surface area contributed by atoms with Crippen molar-refractivity contribution in [2.24, 2.45) is 0 Å². The summed E-state index contributed by atoms with van der Waals surface area (Å²) < 4.78 is 6.52. The van der Waals surface area contributed by atoms with E-state index in [1.807, 2.05) is 38.1 Å². The topological polar surface area (TPSA) is 81.9 Å². The average molecular weight is 285 g/mol. The number of aryl methyl sites for hydroxylation is 1. The van der Waals surface area contributed by atoms with Gasteiger partial charge in [-0.15, -0.1) is 0 Å². The van der Waals surface area contributed by atoms with Crippen molar-refractivity contribution in [3.05, 3.63) is 46.7 Å². The molecule has 0 amide bonds. The maximum absolute atomic E-state index is 12.2. The van der Waals surface area contributed by atoms with Crippen LogP contribution in [-0.4, -0.2) is 33.3 Å². The van der Waals surface area contributed by atoms with Gasteiger partial charge in [-0.1, -0.05) is 29.4 Å². The Labute approximate surface area is 121 Å². The number of allylic oxidation sites excluding steroid dienone is 1. The van der Waals surface area contributed by atoms with Crippen molar-refractivity contribution in [3.63, 3.8) is 0 Å². The van der Waals surface area contributed by atoms with E-state index < -0.39 is 12.0 Å². The number of hydrogen-bond acceptors (Lipinski definition) is 6. The number of nitrogens with zero attached hydrogens (tertiary/aromatic N) is 4. The van der Waals surface area contributed by atoms with Gasteiger partial charge in [0, 0.05) is 5.70 Å². The minimum absolute atomic E-state index is 0.394. The predicted octanol–water partition coefficient (Wildman–Crippen LogP) is 1.44. The second kappa shape index (κ2) is 5.01. The fraction of sp³-hybridized carbons (Fsp3) is 0.286. The molecule has 7 heteroatoms. The van der Waals surface area contributed by atoms with Gasteiger partial charge < -0.3 is 10.1 Å². The normalized spacial score (nSPS) is 17.2. The van der Waals surface area contributed by atoms with Crippen molar-refractivity contribution >= 4 is 11.9 Å². The first-order valence-corrected chi connectivity index (χ1v) is 6.53. The summed E-state index contributed by atoms with van der Waals surface area (Å²) in [7, 11) is 1.37. The third kappa shape index (κ3) is 2.06. The molecule has 21 heavy (non-hydrogen) atoms. The van der Waals surface area contributed by atoms with Gasteiger partial charge in [-0.25, -0.2) is 4.79 Å². The summed E-state index contributed by atoms with van der Waals surface area (Å²) in [6.07, 6.45) is 0. The largest absolute Gasteiger partial charge is 0.466 e. The van der Waals surface area contributed by atoms with Crippen LogP contribution in [0.4, 0.5) is 5.95 Å². The number of anilines is 1. The molecule has 7 nitrogen and oxygen atoms in total. The second-order valence-electron chi connectivity index (χ2n) is 4.86. The van der Waals surface area contributed by atoms with E-state index in [9.17, 15) is 4.79 Å². The molecule has 1 N–H and O–H groups in total. The van der Waals surface area contributed by atoms with Gasteiger partial charge in [-0.2, -0.15) is 4.68 Å². The van der Waals surface area contributed by atoms with E-state index in [-0.39, 0.29) is 0 Å². The molecule has 0 saturated carbocycles. The molecule has 0 bridgehead atoms. The van der Waals surface area contributed by atoms with E-state index >= 15 is 0 Å². The number of nitrogens with one attached hydrogen (secondary N) is 1. The monoisotopic (exact) mass is 285 g/mol. The number of carbonyl (C=O) groups is 1. The molecule has 0 saturated heterocycles. The van der Waals surface area contributed by atoms with Crippen LogP contribution >= 0.6 is 0 Å². The number of esters is 1. The highest BCUT2D eigenvalue weighted by Gasteiger charge is 2.35. The molecule has 1 aromatic heterocycles. The molecule has 0 radical (unpaired) electrons. The van der Waals surface area contributed by atoms with Crippen molar-refractivity contribution in [1.29, 1.82) is 0 Å². The van der Waals surface area contributed by atoms with Crippen LogP contribution in [0.2, 0.25) is 0 Å². The standard InChI is InChI=1S/C14H15N5O2/c1-8-6-4-5-7-10(8)12-11(13(20)21-3)9(2)15-14-16-17-18-19(12)14/h4-7,12H,1-3H3,(H,15,16,18)/t12-/m0/s1. The van der Waals surface area contributed by atoms with Crippen LogP contribution in [0.3, 0.4) is 0 Å². The number of rotatable bonds is 2. The first kappa shape index (κ1) is 13.3. The smallest absolute Gasteiger partial charge is 0.338 e. The lowest BCUT2D eigenvalue weighted by Gasteiger charge is -2.27. The highest BCUT2D eigenvalue weighted by Crippen LogP contribution is 2.35. The van der Waals surface area contributed by atoms with E-state index in [4.69, 9.17) is 4.74 Å². The molecule has 3 rings (SSSR count). The van der Waals surface area contributed by atoms with Crippen molar-refractivity contribution in [3.8, 4) is 0 Å². The summed E-state index contributed by atoms with van der Waals surface area (Å²) in [5, 5.41) is 14.7. The maximum Gasteiger partial charge on any atom is 0.338 e. The third-order valence-corrected chi connectivity index (χ3v) is 3.60. The highest BCUT2D eigenvalue weighted by molar-refractivity contribution is 5.92. The Morgan fingerprint density at radius 1 is 1.33 bits per heavy atom. The molecule has 0 fully saturated rings. The number of ether oxygens (including phenoxy) is 1. The summed E-state index contributed by atoms with van der Waals surface area (Å²) in [6.45, 7) is 3.81. The number of benzene rings is 1. The summed E-state index contributed by atoms with van der Waals surface area (Å²) in [4.78, 5) is 12.2. The van der Waals surface area contributed by atoms with E-state index in [0.29, 0.717) is 17.2 Å². The van der Waals surface area contributed by atoms with Gasteiger partial charge in [0.15, 0.2) is 0 Å². The van der Waals surface area contributed by atoms with E-state index in [2.05, 4.69) is 20.8 Å². The third-order valence-electron chi connectivity index (χ3n) is 3.60. The van der Waals surface area contributed by atoms with Crippen molar-refractivity contribution in [2.45, 2.75) is 19.9 Å². The summed E-state index contributed by atoms with van der Waals surface area (Å²) in [6, 6.07) is 7.44. The van der Waals surface area contributed by atoms with Crippen LogP contribution in [-0.2, 0) is 9.53 Å². The first-order valence-electron chi connectivity index (χ1n) is 6.53. The number of methoxy groups -OCH3 is 1. The van der Waals surface area contributed by atoms with Gasteiger partial charge in [0.1, 0.15) is 6.04 Å². The molecule has 0 unspecified atom stereocenters. The minimum Gasteiger partial charge on any atom is -0.466 e. The van der Waals surface area contributed by atoms with Gasteiger partial charge in [-0.05, 0) is 35.4 Å². The fourth-order valence-corrected chi connectivity index (χ4v) is 2.57. The van der Waals surface area contributed by atoms with Crippen LogP contribution in [0.15, 0.2) is 35.5 Å². The van der Waals surface area contributed by atoms with Crippen LogP contribution in [0.25, 0.3) is 0 Å². The van der Waals surface area contributed by atoms with E-state index in [1.54, 1.807) is 4.68 Å². The van der Waals surface area contributed by atoms with Gasteiger partial charge in [-0.3, -0.25) is 0 Å². The van der Waals surface area contributed by atoms with Crippen LogP contribution in [0, 0.1) is 6.92 Å². The molecular weight excluding hydrogens is 270 g/mol. The van der Waals surface area contributed by atoms with Gasteiger partial charge in [0.05, 0.1) is 12.7 Å². The van der Waals surface area contributed by atoms with Gasteiger partial charge in [0.25, 0.3) is 0 Å². The zero-order valence-corrected chi connectivity index (χ0v) is 12.0. The SMILES string of the molecule is COC(=O)C1=C(C)Nc2nnnn2[C@H]1c1ccccc1C. The quantitative estimate of drug-likeness (QED) is 0.841. The Bertz CT molecular complexity index is 734. The average Bonchev–Trinajstić information content (AvgIpc) is 2.93. The first-order chi connectivity index (χ1) is 10.1. The van der Waals surface area contributed by atoms with Gasteiger partial charge >= 0.3 is 5.97 Å². The molecule has 0 spiro atoms.